The highest BCUT2D eigenvalue weighted by molar-refractivity contribution is 6.09. The van der Waals surface area contributed by atoms with Gasteiger partial charge in [0.1, 0.15) is 11.4 Å². The predicted octanol–water partition coefficient (Wildman–Crippen LogP) is 1.90. The number of rotatable bonds is 3. The third-order valence-corrected chi connectivity index (χ3v) is 4.12. The number of pyridine rings is 2. The SMILES string of the molecule is O=C(c1ccccn1)N(C(=O)c1ccccn1)C1CCCNCC1. The Balaban J connectivity index is 1.94. The van der Waals surface area contributed by atoms with E-state index in [1.807, 2.05) is 0 Å². The molecule has 0 aliphatic carbocycles. The van der Waals surface area contributed by atoms with E-state index in [-0.39, 0.29) is 29.2 Å². The smallest absolute Gasteiger partial charge is 0.279 e. The number of hydrogen-bond donors (Lipinski definition) is 1. The van der Waals surface area contributed by atoms with Crippen molar-refractivity contribution in [2.24, 2.45) is 0 Å². The van der Waals surface area contributed by atoms with Gasteiger partial charge in [-0.15, -0.1) is 0 Å². The fourth-order valence-electron chi connectivity index (χ4n) is 2.91. The minimum atomic E-state index is -0.363. The Morgan fingerprint density at radius 2 is 1.54 bits per heavy atom. The number of nitrogens with one attached hydrogen (secondary N) is 1. The standard InChI is InChI=1S/C18H20N4O2/c23-17(15-7-1-3-11-20-15)22(14-6-5-10-19-13-9-14)18(24)16-8-2-4-12-21-16/h1-4,7-8,11-12,14,19H,5-6,9-10,13H2. The highest BCUT2D eigenvalue weighted by atomic mass is 16.2. The Morgan fingerprint density at radius 3 is 2.08 bits per heavy atom. The predicted molar refractivity (Wildman–Crippen MR) is 89.5 cm³/mol. The summed E-state index contributed by atoms with van der Waals surface area (Å²) in [6.07, 6.45) is 5.56. The molecule has 1 saturated heterocycles. The van der Waals surface area contributed by atoms with E-state index in [0.29, 0.717) is 0 Å². The quantitative estimate of drug-likeness (QED) is 0.873. The maximum Gasteiger partial charge on any atom is 0.279 e. The van der Waals surface area contributed by atoms with Gasteiger partial charge in [0.2, 0.25) is 0 Å². The fourth-order valence-corrected chi connectivity index (χ4v) is 2.91. The number of imide groups is 1. The van der Waals surface area contributed by atoms with Crippen LogP contribution in [0.2, 0.25) is 0 Å². The summed E-state index contributed by atoms with van der Waals surface area (Å²) in [5.41, 5.74) is 0.554. The van der Waals surface area contributed by atoms with E-state index in [0.717, 1.165) is 32.4 Å². The first kappa shape index (κ1) is 16.3. The lowest BCUT2D eigenvalue weighted by atomic mass is 10.1. The number of aromatic nitrogens is 2. The molecule has 6 heteroatoms. The minimum absolute atomic E-state index is 0.149. The van der Waals surface area contributed by atoms with Gasteiger partial charge in [-0.25, -0.2) is 0 Å². The monoisotopic (exact) mass is 324 g/mol. The first-order valence-corrected chi connectivity index (χ1v) is 8.18. The molecule has 0 saturated carbocycles. The van der Waals surface area contributed by atoms with Crippen molar-refractivity contribution in [3.05, 3.63) is 60.2 Å². The van der Waals surface area contributed by atoms with Gasteiger partial charge in [-0.2, -0.15) is 0 Å². The molecule has 6 nitrogen and oxygen atoms in total. The van der Waals surface area contributed by atoms with E-state index in [9.17, 15) is 9.59 Å². The van der Waals surface area contributed by atoms with Crippen molar-refractivity contribution in [2.45, 2.75) is 25.3 Å². The number of carbonyl (C=O) groups excluding carboxylic acids is 2. The molecule has 24 heavy (non-hydrogen) atoms. The zero-order chi connectivity index (χ0) is 16.8. The van der Waals surface area contributed by atoms with Crippen molar-refractivity contribution in [3.63, 3.8) is 0 Å². The summed E-state index contributed by atoms with van der Waals surface area (Å²) in [5, 5.41) is 3.31. The molecule has 2 aromatic rings. The van der Waals surface area contributed by atoms with E-state index in [2.05, 4.69) is 15.3 Å². The number of carbonyl (C=O) groups is 2. The summed E-state index contributed by atoms with van der Waals surface area (Å²) < 4.78 is 0. The van der Waals surface area contributed by atoms with Crippen molar-refractivity contribution < 1.29 is 9.59 Å². The Labute approximate surface area is 140 Å². The van der Waals surface area contributed by atoms with Crippen molar-refractivity contribution in [1.29, 1.82) is 0 Å². The molecule has 1 aliphatic rings. The number of nitrogens with zero attached hydrogens (tertiary/aromatic N) is 3. The van der Waals surface area contributed by atoms with Crippen LogP contribution >= 0.6 is 0 Å². The third-order valence-electron chi connectivity index (χ3n) is 4.12. The molecule has 0 aromatic carbocycles. The van der Waals surface area contributed by atoms with Gasteiger partial charge in [0.25, 0.3) is 11.8 Å². The molecule has 3 rings (SSSR count). The van der Waals surface area contributed by atoms with E-state index in [1.165, 1.54) is 4.90 Å². The van der Waals surface area contributed by atoms with Crippen LogP contribution < -0.4 is 5.32 Å². The number of amides is 2. The van der Waals surface area contributed by atoms with E-state index < -0.39 is 0 Å². The first-order chi connectivity index (χ1) is 11.8. The van der Waals surface area contributed by atoms with Crippen molar-refractivity contribution in [3.8, 4) is 0 Å². The third kappa shape index (κ3) is 3.65. The van der Waals surface area contributed by atoms with Crippen LogP contribution in [0.25, 0.3) is 0 Å². The molecule has 2 aromatic heterocycles. The van der Waals surface area contributed by atoms with Gasteiger partial charge >= 0.3 is 0 Å². The Kier molecular flexibility index (Phi) is 5.28. The molecule has 0 spiro atoms. The first-order valence-electron chi connectivity index (χ1n) is 8.18. The largest absolute Gasteiger partial charge is 0.317 e. The van der Waals surface area contributed by atoms with Crippen LogP contribution in [-0.2, 0) is 0 Å². The lowest BCUT2D eigenvalue weighted by Crippen LogP contribution is -2.45. The molecule has 1 fully saturated rings. The van der Waals surface area contributed by atoms with Crippen molar-refractivity contribution >= 4 is 11.8 Å². The van der Waals surface area contributed by atoms with Crippen molar-refractivity contribution in [2.75, 3.05) is 13.1 Å². The normalized spacial score (nSPS) is 17.8. The van der Waals surface area contributed by atoms with E-state index in [4.69, 9.17) is 0 Å². The molecule has 0 bridgehead atoms. The molecule has 3 heterocycles. The second-order valence-electron chi connectivity index (χ2n) is 5.74. The molecule has 1 N–H and O–H groups in total. The van der Waals surface area contributed by atoms with Crippen LogP contribution in [0.5, 0.6) is 0 Å². The molecule has 0 radical (unpaired) electrons. The number of hydrogen-bond acceptors (Lipinski definition) is 5. The summed E-state index contributed by atoms with van der Waals surface area (Å²) in [6, 6.07) is 10.1. The molecular formula is C18H20N4O2. The van der Waals surface area contributed by atoms with Gasteiger partial charge in [-0.1, -0.05) is 12.1 Å². The van der Waals surface area contributed by atoms with Gasteiger partial charge in [-0.05, 0) is 56.6 Å². The summed E-state index contributed by atoms with van der Waals surface area (Å²) >= 11 is 0. The van der Waals surface area contributed by atoms with Crippen LogP contribution in [-0.4, -0.2) is 45.8 Å². The van der Waals surface area contributed by atoms with Gasteiger partial charge in [0.05, 0.1) is 0 Å². The highest BCUT2D eigenvalue weighted by Crippen LogP contribution is 2.18. The zero-order valence-electron chi connectivity index (χ0n) is 13.4. The van der Waals surface area contributed by atoms with Crippen LogP contribution in [0.4, 0.5) is 0 Å². The Hall–Kier alpha value is -2.60. The molecular weight excluding hydrogens is 304 g/mol. The maximum absolute atomic E-state index is 13.0. The van der Waals surface area contributed by atoms with Gasteiger partial charge < -0.3 is 5.32 Å². The molecule has 1 aliphatic heterocycles. The average Bonchev–Trinajstić information content (AvgIpc) is 2.92. The molecule has 1 unspecified atom stereocenters. The van der Waals surface area contributed by atoms with Gasteiger partial charge in [0, 0.05) is 18.4 Å². The Bertz CT molecular complexity index is 631. The molecule has 124 valence electrons. The second kappa shape index (κ2) is 7.79. The highest BCUT2D eigenvalue weighted by Gasteiger charge is 2.32. The lowest BCUT2D eigenvalue weighted by Gasteiger charge is -2.28. The summed E-state index contributed by atoms with van der Waals surface area (Å²) in [4.78, 5) is 35.5. The lowest BCUT2D eigenvalue weighted by molar-refractivity contribution is 0.0525. The van der Waals surface area contributed by atoms with Crippen LogP contribution in [0, 0.1) is 0 Å². The zero-order valence-corrected chi connectivity index (χ0v) is 13.4. The second-order valence-corrected chi connectivity index (χ2v) is 5.74. The minimum Gasteiger partial charge on any atom is -0.317 e. The summed E-state index contributed by atoms with van der Waals surface area (Å²) in [5.74, 6) is -0.726. The molecule has 2 amide bonds. The van der Waals surface area contributed by atoms with Crippen LogP contribution in [0.15, 0.2) is 48.8 Å². The van der Waals surface area contributed by atoms with E-state index >= 15 is 0 Å². The molecule has 1 atom stereocenters. The van der Waals surface area contributed by atoms with Crippen LogP contribution in [0.1, 0.15) is 40.2 Å². The van der Waals surface area contributed by atoms with Crippen molar-refractivity contribution in [1.82, 2.24) is 20.2 Å². The maximum atomic E-state index is 13.0. The van der Waals surface area contributed by atoms with Gasteiger partial charge in [0.15, 0.2) is 0 Å². The topological polar surface area (TPSA) is 75.2 Å². The fraction of sp³-hybridized carbons (Fsp3) is 0.333. The summed E-state index contributed by atoms with van der Waals surface area (Å²) in [7, 11) is 0. The Morgan fingerprint density at radius 1 is 0.917 bits per heavy atom. The average molecular weight is 324 g/mol. The van der Waals surface area contributed by atoms with E-state index in [1.54, 1.807) is 48.8 Å². The summed E-state index contributed by atoms with van der Waals surface area (Å²) in [6.45, 7) is 1.69. The van der Waals surface area contributed by atoms with Gasteiger partial charge in [-0.3, -0.25) is 24.5 Å². The van der Waals surface area contributed by atoms with Crippen LogP contribution in [0.3, 0.4) is 0 Å².